The predicted molar refractivity (Wildman–Crippen MR) is 90.6 cm³/mol. The molecule has 2 amide bonds. The van der Waals surface area contributed by atoms with Crippen molar-refractivity contribution in [1.29, 1.82) is 0 Å². The number of carbonyl (C=O) groups is 3. The van der Waals surface area contributed by atoms with Gasteiger partial charge >= 0.3 is 5.97 Å². The highest BCUT2D eigenvalue weighted by molar-refractivity contribution is 8.01. The number of ether oxygens (including phenoxy) is 1. The second kappa shape index (κ2) is 7.25. The first-order chi connectivity index (χ1) is 11.5. The zero-order valence-corrected chi connectivity index (χ0v) is 14.2. The molecule has 0 bridgehead atoms. The van der Waals surface area contributed by atoms with Crippen molar-refractivity contribution in [2.75, 3.05) is 11.9 Å². The molecule has 1 heterocycles. The lowest BCUT2D eigenvalue weighted by Crippen LogP contribution is -2.37. The van der Waals surface area contributed by atoms with E-state index in [-0.39, 0.29) is 30.9 Å². The summed E-state index contributed by atoms with van der Waals surface area (Å²) in [6.45, 7) is 1.66. The third-order valence-electron chi connectivity index (χ3n) is 4.14. The summed E-state index contributed by atoms with van der Waals surface area (Å²) in [6.07, 6.45) is 2.21. The zero-order chi connectivity index (χ0) is 17.1. The highest BCUT2D eigenvalue weighted by Crippen LogP contribution is 2.36. The average molecular weight is 348 g/mol. The molecular weight excluding hydrogens is 328 g/mol. The van der Waals surface area contributed by atoms with Crippen molar-refractivity contribution >= 4 is 35.2 Å². The van der Waals surface area contributed by atoms with Crippen LogP contribution in [-0.4, -0.2) is 35.7 Å². The molecule has 0 saturated heterocycles. The summed E-state index contributed by atoms with van der Waals surface area (Å²) in [6, 6.07) is 7.55. The largest absolute Gasteiger partial charge is 0.456 e. The Balaban J connectivity index is 1.45. The van der Waals surface area contributed by atoms with Crippen molar-refractivity contribution in [2.24, 2.45) is 5.92 Å². The standard InChI is InChI=1S/C17H20N2O4S/c1-10(11-6-7-11)18-15(20)9-23-16(21)8-14-17(22)19-12-4-2-3-5-13(12)24-14/h2-5,10-11,14H,6-9H2,1H3,(H,18,20)(H,19,22)/t10-,14-/m1/s1. The number of thioether (sulfide) groups is 1. The van der Waals surface area contributed by atoms with E-state index in [0.29, 0.717) is 5.92 Å². The van der Waals surface area contributed by atoms with E-state index >= 15 is 0 Å². The average Bonchev–Trinajstić information content (AvgIpc) is 3.38. The molecule has 6 nitrogen and oxygen atoms in total. The molecule has 1 aliphatic carbocycles. The maximum atomic E-state index is 12.0. The van der Waals surface area contributed by atoms with E-state index in [1.807, 2.05) is 31.2 Å². The van der Waals surface area contributed by atoms with Crippen LogP contribution < -0.4 is 10.6 Å². The molecule has 2 N–H and O–H groups in total. The Morgan fingerprint density at radius 1 is 1.38 bits per heavy atom. The minimum absolute atomic E-state index is 0.0592. The minimum atomic E-state index is -0.545. The molecule has 1 fully saturated rings. The Morgan fingerprint density at radius 3 is 2.88 bits per heavy atom. The van der Waals surface area contributed by atoms with Gasteiger partial charge in [0.2, 0.25) is 5.91 Å². The second-order valence-electron chi connectivity index (χ2n) is 6.15. The molecule has 0 unspecified atom stereocenters. The zero-order valence-electron chi connectivity index (χ0n) is 13.4. The van der Waals surface area contributed by atoms with E-state index in [1.54, 1.807) is 0 Å². The molecule has 2 atom stereocenters. The van der Waals surface area contributed by atoms with Crippen molar-refractivity contribution < 1.29 is 19.1 Å². The first-order valence-corrected chi connectivity index (χ1v) is 8.92. The van der Waals surface area contributed by atoms with Crippen LogP contribution in [0.4, 0.5) is 5.69 Å². The van der Waals surface area contributed by atoms with Gasteiger partial charge < -0.3 is 15.4 Å². The van der Waals surface area contributed by atoms with Gasteiger partial charge in [-0.25, -0.2) is 0 Å². The van der Waals surface area contributed by atoms with Gasteiger partial charge in [0.15, 0.2) is 6.61 Å². The third-order valence-corrected chi connectivity index (χ3v) is 5.42. The molecule has 1 saturated carbocycles. The monoisotopic (exact) mass is 348 g/mol. The number of amides is 2. The van der Waals surface area contributed by atoms with E-state index in [9.17, 15) is 14.4 Å². The van der Waals surface area contributed by atoms with Crippen molar-refractivity contribution in [2.45, 2.75) is 42.4 Å². The molecule has 0 aromatic heterocycles. The summed E-state index contributed by atoms with van der Waals surface area (Å²) in [5.74, 6) is -0.514. The number of benzene rings is 1. The van der Waals surface area contributed by atoms with E-state index < -0.39 is 11.2 Å². The SMILES string of the molecule is C[C@@H](NC(=O)COC(=O)C[C@H]1Sc2ccccc2NC1=O)C1CC1. The number of anilines is 1. The Labute approximate surface area is 144 Å². The van der Waals surface area contributed by atoms with Gasteiger partial charge in [-0.3, -0.25) is 14.4 Å². The Bertz CT molecular complexity index is 660. The summed E-state index contributed by atoms with van der Waals surface area (Å²) < 4.78 is 5.00. The fraction of sp³-hybridized carbons (Fsp3) is 0.471. The minimum Gasteiger partial charge on any atom is -0.456 e. The number of esters is 1. The number of hydrogen-bond donors (Lipinski definition) is 2. The maximum absolute atomic E-state index is 12.0. The summed E-state index contributed by atoms with van der Waals surface area (Å²) in [7, 11) is 0. The molecule has 1 aliphatic heterocycles. The molecule has 1 aromatic rings. The third kappa shape index (κ3) is 4.29. The lowest BCUT2D eigenvalue weighted by molar-refractivity contribution is -0.149. The number of hydrogen-bond acceptors (Lipinski definition) is 5. The van der Waals surface area contributed by atoms with E-state index in [1.165, 1.54) is 11.8 Å². The highest BCUT2D eigenvalue weighted by Gasteiger charge is 2.30. The Morgan fingerprint density at radius 2 is 2.12 bits per heavy atom. The van der Waals surface area contributed by atoms with Gasteiger partial charge in [0.1, 0.15) is 0 Å². The number of fused-ring (bicyclic) bond motifs is 1. The molecule has 0 spiro atoms. The molecule has 1 aromatic carbocycles. The smallest absolute Gasteiger partial charge is 0.307 e. The van der Waals surface area contributed by atoms with Gasteiger partial charge in [0, 0.05) is 10.9 Å². The Kier molecular flexibility index (Phi) is 5.08. The van der Waals surface area contributed by atoms with Crippen LogP contribution in [0.2, 0.25) is 0 Å². The highest BCUT2D eigenvalue weighted by atomic mass is 32.2. The van der Waals surface area contributed by atoms with Gasteiger partial charge in [0.25, 0.3) is 5.91 Å². The number of rotatable bonds is 6. The van der Waals surface area contributed by atoms with Gasteiger partial charge in [-0.2, -0.15) is 0 Å². The lowest BCUT2D eigenvalue weighted by atomic mass is 10.2. The van der Waals surface area contributed by atoms with Gasteiger partial charge in [-0.15, -0.1) is 11.8 Å². The molecule has 24 heavy (non-hydrogen) atoms. The van der Waals surface area contributed by atoms with Crippen molar-refractivity contribution in [3.05, 3.63) is 24.3 Å². The maximum Gasteiger partial charge on any atom is 0.307 e. The van der Waals surface area contributed by atoms with Crippen molar-refractivity contribution in [3.63, 3.8) is 0 Å². The normalized spacial score (nSPS) is 20.5. The first-order valence-electron chi connectivity index (χ1n) is 8.04. The van der Waals surface area contributed by atoms with Gasteiger partial charge in [0.05, 0.1) is 17.4 Å². The molecular formula is C17H20N2O4S. The van der Waals surface area contributed by atoms with Crippen molar-refractivity contribution in [1.82, 2.24) is 5.32 Å². The molecule has 3 rings (SSSR count). The van der Waals surface area contributed by atoms with Gasteiger partial charge in [-0.1, -0.05) is 12.1 Å². The summed E-state index contributed by atoms with van der Waals surface area (Å²) in [4.78, 5) is 36.6. The lowest BCUT2D eigenvalue weighted by Gasteiger charge is -2.23. The Hall–Kier alpha value is -2.02. The van der Waals surface area contributed by atoms with E-state index in [4.69, 9.17) is 4.74 Å². The summed E-state index contributed by atoms with van der Waals surface area (Å²) in [5, 5.41) is 5.06. The number of nitrogens with one attached hydrogen (secondary N) is 2. The van der Waals surface area contributed by atoms with E-state index in [0.717, 1.165) is 23.4 Å². The molecule has 0 radical (unpaired) electrons. The number of carbonyl (C=O) groups excluding carboxylic acids is 3. The summed E-state index contributed by atoms with van der Waals surface area (Å²) in [5.41, 5.74) is 0.755. The van der Waals surface area contributed by atoms with Crippen LogP contribution in [-0.2, 0) is 19.1 Å². The second-order valence-corrected chi connectivity index (χ2v) is 7.39. The van der Waals surface area contributed by atoms with Crippen molar-refractivity contribution in [3.8, 4) is 0 Å². The van der Waals surface area contributed by atoms with Gasteiger partial charge in [-0.05, 0) is 37.8 Å². The first kappa shape index (κ1) is 16.8. The quantitative estimate of drug-likeness (QED) is 0.768. The van der Waals surface area contributed by atoms with Crippen LogP contribution >= 0.6 is 11.8 Å². The predicted octanol–water partition coefficient (Wildman–Crippen LogP) is 1.95. The summed E-state index contributed by atoms with van der Waals surface area (Å²) >= 11 is 1.34. The van der Waals surface area contributed by atoms with Crippen LogP contribution in [0, 0.1) is 5.92 Å². The topological polar surface area (TPSA) is 84.5 Å². The van der Waals surface area contributed by atoms with E-state index in [2.05, 4.69) is 10.6 Å². The molecule has 2 aliphatic rings. The van der Waals surface area contributed by atoms with Crippen LogP contribution in [0.25, 0.3) is 0 Å². The van der Waals surface area contributed by atoms with Crippen LogP contribution in [0.3, 0.4) is 0 Å². The number of para-hydroxylation sites is 1. The van der Waals surface area contributed by atoms with Crippen LogP contribution in [0.1, 0.15) is 26.2 Å². The fourth-order valence-electron chi connectivity index (χ4n) is 2.59. The van der Waals surface area contributed by atoms with Crippen LogP contribution in [0.5, 0.6) is 0 Å². The fourth-order valence-corrected chi connectivity index (χ4v) is 3.69. The van der Waals surface area contributed by atoms with Crippen LogP contribution in [0.15, 0.2) is 29.2 Å². The molecule has 7 heteroatoms. The molecule has 128 valence electrons.